The summed E-state index contributed by atoms with van der Waals surface area (Å²) in [6, 6.07) is 13.7. The van der Waals surface area contributed by atoms with E-state index in [4.69, 9.17) is 19.4 Å². The van der Waals surface area contributed by atoms with Crippen LogP contribution in [0, 0.1) is 5.41 Å². The Morgan fingerprint density at radius 2 is 1.92 bits per heavy atom. The Morgan fingerprint density at radius 1 is 1.10 bits per heavy atom. The van der Waals surface area contributed by atoms with Gasteiger partial charge in [-0.05, 0) is 56.8 Å². The molecule has 1 saturated heterocycles. The zero-order valence-electron chi connectivity index (χ0n) is 23.5. The van der Waals surface area contributed by atoms with Crippen molar-refractivity contribution < 1.29 is 14.6 Å². The maximum absolute atomic E-state index is 10.5. The van der Waals surface area contributed by atoms with Crippen molar-refractivity contribution in [2.24, 2.45) is 5.41 Å². The molecule has 208 valence electrons. The molecule has 1 aliphatic carbocycles. The predicted octanol–water partition coefficient (Wildman–Crippen LogP) is 3.67. The molecule has 8 nitrogen and oxygen atoms in total. The number of β-amino-alcohol motifs (C(OH)–C–C–N with tert-alkyl or cyclic N) is 1. The van der Waals surface area contributed by atoms with Crippen molar-refractivity contribution >= 4 is 22.3 Å². The number of hydrogen-bond donors (Lipinski definition) is 1. The minimum absolute atomic E-state index is 0.196. The number of aliphatic hydroxyl groups is 1. The van der Waals surface area contributed by atoms with Crippen molar-refractivity contribution in [2.75, 3.05) is 69.9 Å². The van der Waals surface area contributed by atoms with Crippen LogP contribution in [0.25, 0.3) is 10.8 Å². The Kier molecular flexibility index (Phi) is 7.35. The summed E-state index contributed by atoms with van der Waals surface area (Å²) in [5.74, 6) is 0.892. The molecule has 2 fully saturated rings. The van der Waals surface area contributed by atoms with Crippen LogP contribution in [0.4, 0.5) is 11.5 Å². The molecule has 0 spiro atoms. The van der Waals surface area contributed by atoms with Crippen LogP contribution in [-0.4, -0.2) is 86.2 Å². The van der Waals surface area contributed by atoms with Crippen molar-refractivity contribution in [3.05, 3.63) is 53.2 Å². The number of benzene rings is 2. The number of rotatable bonds is 8. The lowest BCUT2D eigenvalue weighted by Gasteiger charge is -2.34. The number of fused-ring (bicyclic) bond motifs is 2. The van der Waals surface area contributed by atoms with E-state index in [9.17, 15) is 5.11 Å². The molecule has 3 aliphatic rings. The van der Waals surface area contributed by atoms with E-state index in [0.29, 0.717) is 45.5 Å². The zero-order valence-corrected chi connectivity index (χ0v) is 23.5. The fraction of sp³-hybridized carbons (Fsp3) is 0.548. The van der Waals surface area contributed by atoms with Crippen LogP contribution < -0.4 is 14.5 Å². The highest BCUT2D eigenvalue weighted by Crippen LogP contribution is 2.46. The molecule has 39 heavy (non-hydrogen) atoms. The van der Waals surface area contributed by atoms with Crippen LogP contribution in [0.1, 0.15) is 36.6 Å². The Morgan fingerprint density at radius 3 is 2.69 bits per heavy atom. The van der Waals surface area contributed by atoms with Crippen LogP contribution in [0.2, 0.25) is 0 Å². The van der Waals surface area contributed by atoms with Gasteiger partial charge in [-0.25, -0.2) is 0 Å². The summed E-state index contributed by atoms with van der Waals surface area (Å²) in [5, 5.41) is 13.1. The van der Waals surface area contributed by atoms with Crippen molar-refractivity contribution in [1.82, 2.24) is 14.9 Å². The number of hydrogen-bond acceptors (Lipinski definition) is 8. The maximum atomic E-state index is 10.5. The van der Waals surface area contributed by atoms with Crippen LogP contribution in [0.5, 0.6) is 6.01 Å². The molecule has 0 bridgehead atoms. The molecular formula is C31H41N5O3. The van der Waals surface area contributed by atoms with Crippen LogP contribution in [0.3, 0.4) is 0 Å². The average molecular weight is 532 g/mol. The van der Waals surface area contributed by atoms with E-state index in [0.717, 1.165) is 43.0 Å². The van der Waals surface area contributed by atoms with E-state index >= 15 is 0 Å². The van der Waals surface area contributed by atoms with Gasteiger partial charge in [0.2, 0.25) is 0 Å². The van der Waals surface area contributed by atoms with Crippen molar-refractivity contribution in [2.45, 2.75) is 45.3 Å². The highest BCUT2D eigenvalue weighted by atomic mass is 16.5. The standard InChI is InChI=1S/C31H41N5O3/c1-4-22-7-5-8-23-9-6-10-27(28(22)23)35-14-11-25-26(18-35)32-30(39-21-31(12-13-31)20-34(2)3)33-29(25)36-15-16-38-19-24(37)17-36/h5-10,24,37H,4,11-21H2,1-3H3. The van der Waals surface area contributed by atoms with Gasteiger partial charge in [0.05, 0.1) is 38.2 Å². The molecule has 3 heterocycles. The number of aliphatic hydroxyl groups excluding tert-OH is 1. The van der Waals surface area contributed by atoms with Gasteiger partial charge in [0.15, 0.2) is 0 Å². The Hall–Kier alpha value is -2.94. The fourth-order valence-electron chi connectivity index (χ4n) is 6.27. The van der Waals surface area contributed by atoms with E-state index in [-0.39, 0.29) is 5.41 Å². The predicted molar refractivity (Wildman–Crippen MR) is 155 cm³/mol. The van der Waals surface area contributed by atoms with Gasteiger partial charge in [-0.1, -0.05) is 37.3 Å². The number of aryl methyl sites for hydroxylation is 1. The van der Waals surface area contributed by atoms with Gasteiger partial charge < -0.3 is 29.3 Å². The number of anilines is 2. The minimum Gasteiger partial charge on any atom is -0.463 e. The van der Waals surface area contributed by atoms with Crippen LogP contribution in [0.15, 0.2) is 36.4 Å². The minimum atomic E-state index is -0.541. The van der Waals surface area contributed by atoms with Gasteiger partial charge >= 0.3 is 6.01 Å². The van der Waals surface area contributed by atoms with Gasteiger partial charge in [-0.2, -0.15) is 9.97 Å². The lowest BCUT2D eigenvalue weighted by Crippen LogP contribution is -2.37. The molecule has 1 atom stereocenters. The van der Waals surface area contributed by atoms with Crippen LogP contribution >= 0.6 is 0 Å². The lowest BCUT2D eigenvalue weighted by molar-refractivity contribution is 0.0597. The second kappa shape index (κ2) is 10.9. The van der Waals surface area contributed by atoms with E-state index in [1.165, 1.54) is 34.9 Å². The highest BCUT2D eigenvalue weighted by molar-refractivity contribution is 5.97. The smallest absolute Gasteiger partial charge is 0.318 e. The van der Waals surface area contributed by atoms with Crippen LogP contribution in [-0.2, 0) is 24.1 Å². The van der Waals surface area contributed by atoms with Crippen molar-refractivity contribution in [3.63, 3.8) is 0 Å². The summed E-state index contributed by atoms with van der Waals surface area (Å²) in [6.45, 7) is 7.57. The SMILES string of the molecule is CCc1cccc2cccc(N3CCc4c(nc(OCC5(CN(C)C)CC5)nc4N4CCOCC(O)C4)C3)c12. The molecular weight excluding hydrogens is 490 g/mol. The molecule has 2 aromatic carbocycles. The van der Waals surface area contributed by atoms with Gasteiger partial charge in [0, 0.05) is 48.2 Å². The summed E-state index contributed by atoms with van der Waals surface area (Å²) >= 11 is 0. The van der Waals surface area contributed by atoms with E-state index < -0.39 is 6.10 Å². The molecule has 0 radical (unpaired) electrons. The molecule has 1 unspecified atom stereocenters. The molecule has 8 heteroatoms. The van der Waals surface area contributed by atoms with Crippen molar-refractivity contribution in [1.29, 1.82) is 0 Å². The first-order valence-electron chi connectivity index (χ1n) is 14.4. The largest absolute Gasteiger partial charge is 0.463 e. The zero-order chi connectivity index (χ0) is 27.0. The molecule has 3 aromatic rings. The number of nitrogens with zero attached hydrogens (tertiary/aromatic N) is 5. The molecule has 1 aromatic heterocycles. The number of aromatic nitrogens is 2. The topological polar surface area (TPSA) is 74.2 Å². The third-order valence-corrected chi connectivity index (χ3v) is 8.38. The van der Waals surface area contributed by atoms with E-state index in [1.54, 1.807) is 0 Å². The third kappa shape index (κ3) is 5.55. The second-order valence-electron chi connectivity index (χ2n) is 11.8. The first-order chi connectivity index (χ1) is 18.9. The number of ether oxygens (including phenoxy) is 2. The van der Waals surface area contributed by atoms with E-state index in [1.807, 2.05) is 0 Å². The molecule has 6 rings (SSSR count). The van der Waals surface area contributed by atoms with Gasteiger partial charge in [-0.15, -0.1) is 0 Å². The van der Waals surface area contributed by atoms with Gasteiger partial charge in [0.1, 0.15) is 5.82 Å². The summed E-state index contributed by atoms with van der Waals surface area (Å²) in [4.78, 5) is 16.8. The highest BCUT2D eigenvalue weighted by Gasteiger charge is 2.44. The first kappa shape index (κ1) is 26.3. The Bertz CT molecular complexity index is 1320. The summed E-state index contributed by atoms with van der Waals surface area (Å²) < 4.78 is 12.0. The fourth-order valence-corrected chi connectivity index (χ4v) is 6.27. The lowest BCUT2D eigenvalue weighted by atomic mass is 9.98. The van der Waals surface area contributed by atoms with Gasteiger partial charge in [0.25, 0.3) is 0 Å². The van der Waals surface area contributed by atoms with E-state index in [2.05, 4.69) is 72.1 Å². The third-order valence-electron chi connectivity index (χ3n) is 8.38. The quantitative estimate of drug-likeness (QED) is 0.472. The molecule has 1 N–H and O–H groups in total. The normalized spacial score (nSPS) is 20.7. The first-order valence-corrected chi connectivity index (χ1v) is 14.4. The molecule has 1 saturated carbocycles. The maximum Gasteiger partial charge on any atom is 0.318 e. The summed E-state index contributed by atoms with van der Waals surface area (Å²) in [6.07, 6.45) is 3.64. The Balaban J connectivity index is 1.35. The molecule has 0 amide bonds. The monoisotopic (exact) mass is 531 g/mol. The van der Waals surface area contributed by atoms with Crippen molar-refractivity contribution in [3.8, 4) is 6.01 Å². The second-order valence-corrected chi connectivity index (χ2v) is 11.8. The molecule has 2 aliphatic heterocycles. The average Bonchev–Trinajstić information content (AvgIpc) is 3.73. The Labute approximate surface area is 231 Å². The summed E-state index contributed by atoms with van der Waals surface area (Å²) in [5.41, 5.74) is 5.01. The summed E-state index contributed by atoms with van der Waals surface area (Å²) in [7, 11) is 4.23. The van der Waals surface area contributed by atoms with Gasteiger partial charge in [-0.3, -0.25) is 0 Å².